The highest BCUT2D eigenvalue weighted by Gasteiger charge is 2.59. The van der Waals surface area contributed by atoms with Gasteiger partial charge in [0.2, 0.25) is 0 Å². The van der Waals surface area contributed by atoms with Crippen molar-refractivity contribution >= 4 is 17.4 Å². The Bertz CT molecular complexity index is 236. The summed E-state index contributed by atoms with van der Waals surface area (Å²) in [6.07, 6.45) is -10.4. The summed E-state index contributed by atoms with van der Waals surface area (Å²) >= 11 is 4.22. The van der Waals surface area contributed by atoms with Crippen molar-refractivity contribution in [3.63, 3.8) is 0 Å². The highest BCUT2D eigenvalue weighted by molar-refractivity contribution is 7.78. The number of nitrogens with zero attached hydrogens (tertiary/aromatic N) is 1. The van der Waals surface area contributed by atoms with E-state index in [-0.39, 0.29) is 13.0 Å². The van der Waals surface area contributed by atoms with Gasteiger partial charge >= 0.3 is 12.3 Å². The van der Waals surface area contributed by atoms with Gasteiger partial charge in [0, 0.05) is 6.54 Å². The van der Waals surface area contributed by atoms with Crippen molar-refractivity contribution in [3.8, 4) is 0 Å². The number of isothiocyanates is 1. The molecule has 0 bridgehead atoms. The van der Waals surface area contributed by atoms with Crippen LogP contribution < -0.4 is 0 Å². The fourth-order valence-electron chi connectivity index (χ4n) is 0.621. The number of hydrogen-bond acceptors (Lipinski definition) is 3. The van der Waals surface area contributed by atoms with Gasteiger partial charge in [-0.25, -0.2) is 4.99 Å². The Hall–Kier alpha value is -0.590. The zero-order valence-corrected chi connectivity index (χ0v) is 8.30. The third-order valence-corrected chi connectivity index (χ3v) is 1.47. The normalized spacial score (nSPS) is 12.3. The number of halogens is 5. The molecule has 0 radical (unpaired) electrons. The summed E-state index contributed by atoms with van der Waals surface area (Å²) in [6, 6.07) is 0. The van der Waals surface area contributed by atoms with Crippen LogP contribution in [0.5, 0.6) is 0 Å². The van der Waals surface area contributed by atoms with Gasteiger partial charge in [0.25, 0.3) is 0 Å². The monoisotopic (exact) mass is 249 g/mol. The molecular weight excluding hydrogens is 241 g/mol. The van der Waals surface area contributed by atoms with Crippen LogP contribution in [-0.2, 0) is 4.74 Å². The SMILES string of the molecule is FC(F)(F)C(F)(F)OCCCCN=C=S. The average molecular weight is 249 g/mol. The first-order chi connectivity index (χ1) is 6.81. The maximum atomic E-state index is 12.1. The van der Waals surface area contributed by atoms with Crippen molar-refractivity contribution in [1.82, 2.24) is 0 Å². The molecular formula is C7H8F5NOS. The van der Waals surface area contributed by atoms with Crippen molar-refractivity contribution < 1.29 is 26.7 Å². The molecule has 8 heteroatoms. The second kappa shape index (κ2) is 6.09. The van der Waals surface area contributed by atoms with Crippen molar-refractivity contribution in [2.75, 3.05) is 13.2 Å². The molecule has 0 saturated heterocycles. The lowest BCUT2D eigenvalue weighted by molar-refractivity contribution is -0.391. The second-order valence-electron chi connectivity index (χ2n) is 2.54. The van der Waals surface area contributed by atoms with Gasteiger partial charge in [-0.3, -0.25) is 0 Å². The summed E-state index contributed by atoms with van der Waals surface area (Å²) in [5.74, 6) is 0. The van der Waals surface area contributed by atoms with Gasteiger partial charge in [0.05, 0.1) is 11.8 Å². The zero-order valence-electron chi connectivity index (χ0n) is 7.48. The standard InChI is InChI=1S/C7H8F5NOS/c8-6(9,10)7(11,12)14-4-2-1-3-13-5-15/h1-4H2. The van der Waals surface area contributed by atoms with E-state index in [2.05, 4.69) is 21.9 Å². The smallest absolute Gasteiger partial charge is 0.313 e. The minimum absolute atomic E-state index is 0.0478. The highest BCUT2D eigenvalue weighted by atomic mass is 32.1. The summed E-state index contributed by atoms with van der Waals surface area (Å²) in [5.41, 5.74) is 0. The second-order valence-corrected chi connectivity index (χ2v) is 2.73. The van der Waals surface area contributed by atoms with E-state index in [1.807, 2.05) is 5.16 Å². The number of alkyl halides is 5. The van der Waals surface area contributed by atoms with Gasteiger partial charge in [-0.2, -0.15) is 22.0 Å². The predicted molar refractivity (Wildman–Crippen MR) is 46.1 cm³/mol. The molecule has 0 atom stereocenters. The number of thiocarbonyl (C=S) groups is 1. The molecule has 0 fully saturated rings. The summed E-state index contributed by atoms with van der Waals surface area (Å²) in [7, 11) is 0. The Morgan fingerprint density at radius 3 is 2.20 bits per heavy atom. The Balaban J connectivity index is 3.71. The number of rotatable bonds is 6. The summed E-state index contributed by atoms with van der Waals surface area (Å²) < 4.78 is 62.3. The van der Waals surface area contributed by atoms with Crippen molar-refractivity contribution in [2.45, 2.75) is 25.1 Å². The topological polar surface area (TPSA) is 21.6 Å². The molecule has 0 unspecified atom stereocenters. The van der Waals surface area contributed by atoms with E-state index in [4.69, 9.17) is 0 Å². The van der Waals surface area contributed by atoms with Gasteiger partial charge < -0.3 is 4.74 Å². The van der Waals surface area contributed by atoms with Gasteiger partial charge in [0.15, 0.2) is 0 Å². The molecule has 0 amide bonds. The first-order valence-corrected chi connectivity index (χ1v) is 4.34. The molecule has 0 heterocycles. The third kappa shape index (κ3) is 5.76. The van der Waals surface area contributed by atoms with Gasteiger partial charge in [-0.15, -0.1) is 0 Å². The molecule has 15 heavy (non-hydrogen) atoms. The Morgan fingerprint density at radius 1 is 1.13 bits per heavy atom. The average Bonchev–Trinajstić information content (AvgIpc) is 2.09. The Labute approximate surface area is 88.1 Å². The van der Waals surface area contributed by atoms with E-state index in [1.165, 1.54) is 0 Å². The Morgan fingerprint density at radius 2 is 1.73 bits per heavy atom. The molecule has 2 nitrogen and oxygen atoms in total. The summed E-state index contributed by atoms with van der Waals surface area (Å²) in [6.45, 7) is -0.441. The molecule has 0 N–H and O–H groups in total. The first kappa shape index (κ1) is 14.4. The largest absolute Gasteiger partial charge is 0.482 e. The maximum Gasteiger partial charge on any atom is 0.482 e. The van der Waals surface area contributed by atoms with Crippen LogP contribution in [0.3, 0.4) is 0 Å². The highest BCUT2D eigenvalue weighted by Crippen LogP contribution is 2.36. The fourth-order valence-corrected chi connectivity index (χ4v) is 0.712. The van der Waals surface area contributed by atoms with Crippen LogP contribution >= 0.6 is 12.2 Å². The van der Waals surface area contributed by atoms with Crippen LogP contribution in [-0.4, -0.2) is 30.6 Å². The molecule has 0 aliphatic rings. The van der Waals surface area contributed by atoms with Crippen molar-refractivity contribution in [3.05, 3.63) is 0 Å². The van der Waals surface area contributed by atoms with E-state index in [9.17, 15) is 22.0 Å². The maximum absolute atomic E-state index is 12.1. The third-order valence-electron chi connectivity index (χ3n) is 1.34. The Kier molecular flexibility index (Phi) is 5.85. The molecule has 0 aromatic carbocycles. The van der Waals surface area contributed by atoms with E-state index in [0.29, 0.717) is 6.42 Å². The van der Waals surface area contributed by atoms with E-state index >= 15 is 0 Å². The summed E-state index contributed by atoms with van der Waals surface area (Å²) in [4.78, 5) is 3.45. The predicted octanol–water partition coefficient (Wildman–Crippen LogP) is 3.04. The molecule has 88 valence electrons. The summed E-state index contributed by atoms with van der Waals surface area (Å²) in [5, 5.41) is 2.04. The van der Waals surface area contributed by atoms with Crippen LogP contribution in [0.1, 0.15) is 12.8 Å². The molecule has 0 aliphatic heterocycles. The van der Waals surface area contributed by atoms with E-state index in [1.54, 1.807) is 0 Å². The molecule has 0 spiro atoms. The van der Waals surface area contributed by atoms with Crippen LogP contribution in [0.25, 0.3) is 0 Å². The van der Waals surface area contributed by atoms with E-state index in [0.717, 1.165) is 0 Å². The van der Waals surface area contributed by atoms with Crippen LogP contribution in [0.2, 0.25) is 0 Å². The molecule has 0 saturated carbocycles. The number of hydrogen-bond donors (Lipinski definition) is 0. The number of ether oxygens (including phenoxy) is 1. The number of aliphatic imine (C=N–C) groups is 1. The van der Waals surface area contributed by atoms with Crippen LogP contribution in [0.15, 0.2) is 4.99 Å². The van der Waals surface area contributed by atoms with Gasteiger partial charge in [-0.1, -0.05) is 0 Å². The first-order valence-electron chi connectivity index (χ1n) is 3.93. The molecule has 0 aromatic heterocycles. The van der Waals surface area contributed by atoms with Gasteiger partial charge in [0.1, 0.15) is 0 Å². The zero-order chi connectivity index (χ0) is 11.9. The lowest BCUT2D eigenvalue weighted by Gasteiger charge is -2.19. The molecule has 0 rings (SSSR count). The van der Waals surface area contributed by atoms with Crippen LogP contribution in [0.4, 0.5) is 22.0 Å². The lowest BCUT2D eigenvalue weighted by atomic mass is 10.3. The number of unbranched alkanes of at least 4 members (excludes halogenated alkanes) is 1. The van der Waals surface area contributed by atoms with Crippen molar-refractivity contribution in [2.24, 2.45) is 4.99 Å². The van der Waals surface area contributed by atoms with Crippen molar-refractivity contribution in [1.29, 1.82) is 0 Å². The molecule has 0 aromatic rings. The minimum Gasteiger partial charge on any atom is -0.313 e. The lowest BCUT2D eigenvalue weighted by Crippen LogP contribution is -2.39. The van der Waals surface area contributed by atoms with Crippen LogP contribution in [0, 0.1) is 0 Å². The quantitative estimate of drug-likeness (QED) is 0.312. The fraction of sp³-hybridized carbons (Fsp3) is 0.857. The van der Waals surface area contributed by atoms with E-state index < -0.39 is 18.9 Å². The minimum atomic E-state index is -5.67. The molecule has 0 aliphatic carbocycles. The van der Waals surface area contributed by atoms with Gasteiger partial charge in [-0.05, 0) is 25.1 Å².